The van der Waals surface area contributed by atoms with E-state index in [1.54, 1.807) is 30.3 Å². The van der Waals surface area contributed by atoms with Gasteiger partial charge < -0.3 is 10.6 Å². The van der Waals surface area contributed by atoms with Crippen molar-refractivity contribution in [3.63, 3.8) is 0 Å². The summed E-state index contributed by atoms with van der Waals surface area (Å²) in [6.45, 7) is 1.42. The van der Waals surface area contributed by atoms with Crippen LogP contribution in [0.3, 0.4) is 0 Å². The van der Waals surface area contributed by atoms with Crippen molar-refractivity contribution in [2.24, 2.45) is 0 Å². The lowest BCUT2D eigenvalue weighted by Gasteiger charge is -2.10. The summed E-state index contributed by atoms with van der Waals surface area (Å²) in [6, 6.07) is 12.4. The minimum absolute atomic E-state index is 0.0468. The number of amides is 2. The van der Waals surface area contributed by atoms with E-state index in [2.05, 4.69) is 16.0 Å². The highest BCUT2D eigenvalue weighted by Crippen LogP contribution is 2.13. The van der Waals surface area contributed by atoms with E-state index < -0.39 is 11.7 Å². The second-order valence-corrected chi connectivity index (χ2v) is 5.05. The van der Waals surface area contributed by atoms with Crippen LogP contribution in [-0.4, -0.2) is 16.9 Å². The van der Waals surface area contributed by atoms with Crippen LogP contribution < -0.4 is 16.0 Å². The summed E-state index contributed by atoms with van der Waals surface area (Å²) in [7, 11) is 0. The molecular weight excluding hydrogens is 317 g/mol. The fourth-order valence-electron chi connectivity index (χ4n) is 1.82. The van der Waals surface area contributed by atoms with Crippen LogP contribution >= 0.6 is 12.2 Å². The van der Waals surface area contributed by atoms with Crippen LogP contribution in [0, 0.1) is 5.82 Å². The predicted octanol–water partition coefficient (Wildman–Crippen LogP) is 2.91. The van der Waals surface area contributed by atoms with Gasteiger partial charge in [-0.2, -0.15) is 0 Å². The molecule has 0 spiro atoms. The number of thiocarbonyl (C=S) groups is 1. The lowest BCUT2D eigenvalue weighted by atomic mass is 10.2. The maximum absolute atomic E-state index is 13.5. The third kappa shape index (κ3) is 4.86. The first-order valence-electron chi connectivity index (χ1n) is 6.70. The van der Waals surface area contributed by atoms with Crippen molar-refractivity contribution in [2.75, 3.05) is 10.6 Å². The number of carbonyl (C=O) groups excluding carboxylic acids is 2. The Kier molecular flexibility index (Phi) is 5.37. The first kappa shape index (κ1) is 16.6. The molecule has 0 saturated carbocycles. The average Bonchev–Trinajstić information content (AvgIpc) is 2.49. The molecule has 3 N–H and O–H groups in total. The summed E-state index contributed by atoms with van der Waals surface area (Å²) in [5.41, 5.74) is 1.18. The van der Waals surface area contributed by atoms with Crippen LogP contribution in [0.15, 0.2) is 48.5 Å². The van der Waals surface area contributed by atoms with Crippen LogP contribution in [0.5, 0.6) is 0 Å². The van der Waals surface area contributed by atoms with Crippen molar-refractivity contribution in [3.8, 4) is 0 Å². The molecule has 0 radical (unpaired) electrons. The Morgan fingerprint density at radius 2 is 1.52 bits per heavy atom. The van der Waals surface area contributed by atoms with Gasteiger partial charge in [-0.25, -0.2) is 4.39 Å². The number of carbonyl (C=O) groups is 2. The van der Waals surface area contributed by atoms with Gasteiger partial charge in [-0.1, -0.05) is 12.1 Å². The quantitative estimate of drug-likeness (QED) is 0.757. The molecule has 0 bridgehead atoms. The Hall–Kier alpha value is -2.80. The van der Waals surface area contributed by atoms with Gasteiger partial charge in [-0.3, -0.25) is 14.9 Å². The number of benzene rings is 2. The number of halogens is 1. The topological polar surface area (TPSA) is 70.2 Å². The Morgan fingerprint density at radius 1 is 0.957 bits per heavy atom. The van der Waals surface area contributed by atoms with Gasteiger partial charge in [0.1, 0.15) is 5.82 Å². The minimum atomic E-state index is -0.629. The highest BCUT2D eigenvalue weighted by Gasteiger charge is 2.12. The Labute approximate surface area is 137 Å². The third-order valence-corrected chi connectivity index (χ3v) is 3.01. The molecule has 23 heavy (non-hydrogen) atoms. The van der Waals surface area contributed by atoms with E-state index in [1.807, 2.05) is 0 Å². The third-order valence-electron chi connectivity index (χ3n) is 2.81. The molecule has 0 atom stereocenters. The van der Waals surface area contributed by atoms with Gasteiger partial charge in [0.25, 0.3) is 5.91 Å². The van der Waals surface area contributed by atoms with Crippen molar-refractivity contribution in [2.45, 2.75) is 6.92 Å². The molecule has 5 nitrogen and oxygen atoms in total. The van der Waals surface area contributed by atoms with Crippen molar-refractivity contribution in [1.29, 1.82) is 0 Å². The van der Waals surface area contributed by atoms with Crippen LogP contribution in [0.4, 0.5) is 15.8 Å². The van der Waals surface area contributed by atoms with Crippen molar-refractivity contribution in [3.05, 3.63) is 59.9 Å². The lowest BCUT2D eigenvalue weighted by molar-refractivity contribution is -0.114. The minimum Gasteiger partial charge on any atom is -0.332 e. The fraction of sp³-hybridized carbons (Fsp3) is 0.0625. The highest BCUT2D eigenvalue weighted by molar-refractivity contribution is 7.80. The van der Waals surface area contributed by atoms with Crippen molar-refractivity contribution >= 4 is 40.5 Å². The molecule has 2 rings (SSSR count). The zero-order valence-corrected chi connectivity index (χ0v) is 13.0. The number of hydrogen-bond donors (Lipinski definition) is 3. The smallest absolute Gasteiger partial charge is 0.260 e. The molecule has 2 aromatic carbocycles. The van der Waals surface area contributed by atoms with Gasteiger partial charge in [-0.05, 0) is 48.6 Å². The monoisotopic (exact) mass is 331 g/mol. The maximum Gasteiger partial charge on any atom is 0.260 e. The Bertz CT molecular complexity index is 747. The summed E-state index contributed by atoms with van der Waals surface area (Å²) >= 11 is 5.02. The van der Waals surface area contributed by atoms with Gasteiger partial charge in [0.05, 0.1) is 5.56 Å². The summed E-state index contributed by atoms with van der Waals surface area (Å²) in [4.78, 5) is 22.8. The molecule has 0 heterocycles. The fourth-order valence-corrected chi connectivity index (χ4v) is 2.03. The average molecular weight is 331 g/mol. The van der Waals surface area contributed by atoms with Crippen LogP contribution in [0.2, 0.25) is 0 Å². The largest absolute Gasteiger partial charge is 0.332 e. The molecule has 0 aliphatic rings. The van der Waals surface area contributed by atoms with Gasteiger partial charge in [-0.15, -0.1) is 0 Å². The second kappa shape index (κ2) is 7.46. The molecule has 0 aliphatic carbocycles. The molecular formula is C16H14FN3O2S. The number of hydrogen-bond acceptors (Lipinski definition) is 3. The molecule has 0 aromatic heterocycles. The number of anilines is 2. The van der Waals surface area contributed by atoms with Gasteiger partial charge in [0.2, 0.25) is 5.91 Å². The normalized spacial score (nSPS) is 9.83. The number of rotatable bonds is 3. The Balaban J connectivity index is 1.95. The van der Waals surface area contributed by atoms with E-state index in [0.717, 1.165) is 0 Å². The SMILES string of the molecule is CC(=O)Nc1ccc(NC(=S)NC(=O)c2ccccc2F)cc1. The van der Waals surface area contributed by atoms with E-state index in [1.165, 1.54) is 25.1 Å². The molecule has 0 unspecified atom stereocenters. The summed E-state index contributed by atoms with van der Waals surface area (Å²) in [6.07, 6.45) is 0. The van der Waals surface area contributed by atoms with Gasteiger partial charge in [0, 0.05) is 18.3 Å². The molecule has 2 aromatic rings. The molecule has 0 fully saturated rings. The Morgan fingerprint density at radius 3 is 2.09 bits per heavy atom. The molecule has 7 heteroatoms. The molecule has 0 aliphatic heterocycles. The standard InChI is InChI=1S/C16H14FN3O2S/c1-10(21)18-11-6-8-12(9-7-11)19-16(23)20-15(22)13-4-2-3-5-14(13)17/h2-9H,1H3,(H,18,21)(H2,19,20,22,23). The van der Waals surface area contributed by atoms with E-state index in [9.17, 15) is 14.0 Å². The maximum atomic E-state index is 13.5. The molecule has 118 valence electrons. The van der Waals surface area contributed by atoms with Crippen molar-refractivity contribution in [1.82, 2.24) is 5.32 Å². The summed E-state index contributed by atoms with van der Waals surface area (Å²) in [5, 5.41) is 7.89. The molecule has 0 saturated heterocycles. The zero-order valence-electron chi connectivity index (χ0n) is 12.2. The van der Waals surface area contributed by atoms with E-state index in [-0.39, 0.29) is 16.6 Å². The van der Waals surface area contributed by atoms with E-state index in [0.29, 0.717) is 11.4 Å². The first-order valence-corrected chi connectivity index (χ1v) is 7.11. The van der Waals surface area contributed by atoms with Crippen LogP contribution in [-0.2, 0) is 4.79 Å². The predicted molar refractivity (Wildman–Crippen MR) is 90.8 cm³/mol. The van der Waals surface area contributed by atoms with Gasteiger partial charge >= 0.3 is 0 Å². The first-order chi connectivity index (χ1) is 11.0. The number of nitrogens with one attached hydrogen (secondary N) is 3. The summed E-state index contributed by atoms with van der Waals surface area (Å²) < 4.78 is 13.5. The highest BCUT2D eigenvalue weighted by atomic mass is 32.1. The van der Waals surface area contributed by atoms with Crippen LogP contribution in [0.1, 0.15) is 17.3 Å². The van der Waals surface area contributed by atoms with E-state index >= 15 is 0 Å². The second-order valence-electron chi connectivity index (χ2n) is 4.65. The van der Waals surface area contributed by atoms with Gasteiger partial charge in [0.15, 0.2) is 5.11 Å². The zero-order chi connectivity index (χ0) is 16.8. The van der Waals surface area contributed by atoms with Crippen LogP contribution in [0.25, 0.3) is 0 Å². The summed E-state index contributed by atoms with van der Waals surface area (Å²) in [5.74, 6) is -1.42. The van der Waals surface area contributed by atoms with E-state index in [4.69, 9.17) is 12.2 Å². The molecule has 2 amide bonds. The van der Waals surface area contributed by atoms with Crippen molar-refractivity contribution < 1.29 is 14.0 Å². The lowest BCUT2D eigenvalue weighted by Crippen LogP contribution is -2.34.